The van der Waals surface area contributed by atoms with Gasteiger partial charge in [0.15, 0.2) is 11.6 Å². The molecule has 3 rings (SSSR count). The molecule has 9 heteroatoms. The van der Waals surface area contributed by atoms with Gasteiger partial charge in [-0.25, -0.2) is 17.2 Å². The molecule has 0 aliphatic rings. The van der Waals surface area contributed by atoms with E-state index in [2.05, 4.69) is 9.71 Å². The zero-order chi connectivity index (χ0) is 21.0. The predicted octanol–water partition coefficient (Wildman–Crippen LogP) is 3.73. The molecule has 3 aromatic carbocycles. The quantitative estimate of drug-likeness (QED) is 0.473. The Hall–Kier alpha value is -2.97. The molecule has 0 unspecified atom stereocenters. The van der Waals surface area contributed by atoms with Crippen LogP contribution in [0.15, 0.2) is 76.6 Å². The van der Waals surface area contributed by atoms with Crippen molar-refractivity contribution in [2.45, 2.75) is 11.4 Å². The summed E-state index contributed by atoms with van der Waals surface area (Å²) in [5, 5.41) is 12.7. The van der Waals surface area contributed by atoms with Crippen LogP contribution in [0.1, 0.15) is 11.1 Å². The molecule has 0 aliphatic carbocycles. The van der Waals surface area contributed by atoms with Crippen molar-refractivity contribution in [2.75, 3.05) is 4.72 Å². The van der Waals surface area contributed by atoms with Crippen molar-refractivity contribution >= 4 is 33.2 Å². The third kappa shape index (κ3) is 5.30. The fourth-order valence-corrected chi connectivity index (χ4v) is 3.71. The van der Waals surface area contributed by atoms with E-state index in [0.29, 0.717) is 11.1 Å². The number of rotatable bonds is 6. The third-order valence-corrected chi connectivity index (χ3v) is 5.49. The Kier molecular flexibility index (Phi) is 6.14. The van der Waals surface area contributed by atoms with Crippen molar-refractivity contribution in [2.24, 2.45) is 4.99 Å². The highest BCUT2D eigenvalue weighted by Gasteiger charge is 2.16. The normalized spacial score (nSPS) is 12.0. The van der Waals surface area contributed by atoms with E-state index >= 15 is 0 Å². The van der Waals surface area contributed by atoms with E-state index in [1.165, 1.54) is 24.3 Å². The molecule has 150 valence electrons. The van der Waals surface area contributed by atoms with E-state index in [-0.39, 0.29) is 17.8 Å². The van der Waals surface area contributed by atoms with Gasteiger partial charge in [0.1, 0.15) is 0 Å². The summed E-state index contributed by atoms with van der Waals surface area (Å²) in [6.45, 7) is 0.157. The first-order valence-electron chi connectivity index (χ1n) is 8.29. The summed E-state index contributed by atoms with van der Waals surface area (Å²) < 4.78 is 53.1. The molecule has 0 saturated carbocycles. The highest BCUT2D eigenvalue weighted by molar-refractivity contribution is 7.92. The van der Waals surface area contributed by atoms with Crippen LogP contribution in [0.5, 0.6) is 0 Å². The van der Waals surface area contributed by atoms with Gasteiger partial charge in [-0.1, -0.05) is 35.9 Å². The van der Waals surface area contributed by atoms with Crippen molar-refractivity contribution in [3.05, 3.63) is 94.5 Å². The minimum Gasteiger partial charge on any atom is -0.858 e. The second kappa shape index (κ2) is 8.59. The molecule has 0 saturated heterocycles. The second-order valence-electron chi connectivity index (χ2n) is 6.01. The van der Waals surface area contributed by atoms with Crippen molar-refractivity contribution in [1.29, 1.82) is 0 Å². The number of nitrogens with one attached hydrogen (secondary N) is 1. The topological polar surface area (TPSA) is 81.6 Å². The fourth-order valence-electron chi connectivity index (χ4n) is 2.43. The summed E-state index contributed by atoms with van der Waals surface area (Å²) in [6.07, 6.45) is 0. The average Bonchev–Trinajstić information content (AvgIpc) is 2.68. The SMILES string of the molecule is O=S(=O)(Nc1ccc(C([O-])=NCc2cccc(Cl)c2)cc1)c1ccc(F)c(F)c1. The smallest absolute Gasteiger partial charge is 0.261 e. The fraction of sp³-hybridized carbons (Fsp3) is 0.0500. The Labute approximate surface area is 171 Å². The summed E-state index contributed by atoms with van der Waals surface area (Å²) in [5.41, 5.74) is 1.20. The molecule has 0 aliphatic heterocycles. The van der Waals surface area contributed by atoms with Crippen LogP contribution in [0.2, 0.25) is 5.02 Å². The molecule has 0 bridgehead atoms. The van der Waals surface area contributed by atoms with E-state index in [1.807, 2.05) is 0 Å². The van der Waals surface area contributed by atoms with E-state index in [4.69, 9.17) is 11.6 Å². The minimum atomic E-state index is -4.11. The van der Waals surface area contributed by atoms with Gasteiger partial charge in [0.25, 0.3) is 10.0 Å². The minimum absolute atomic E-state index is 0.154. The highest BCUT2D eigenvalue weighted by atomic mass is 35.5. The number of nitrogens with zero attached hydrogens (tertiary/aromatic N) is 1. The van der Waals surface area contributed by atoms with Crippen LogP contribution in [0.3, 0.4) is 0 Å². The van der Waals surface area contributed by atoms with E-state index in [9.17, 15) is 22.3 Å². The molecule has 0 amide bonds. The first-order chi connectivity index (χ1) is 13.7. The van der Waals surface area contributed by atoms with Crippen molar-refractivity contribution in [1.82, 2.24) is 0 Å². The molecule has 3 aromatic rings. The van der Waals surface area contributed by atoms with Crippen LogP contribution >= 0.6 is 11.6 Å². The lowest BCUT2D eigenvalue weighted by Gasteiger charge is -2.13. The maximum atomic E-state index is 13.3. The molecule has 0 fully saturated rings. The molecular formula is C20H14ClF2N2O3S-. The van der Waals surface area contributed by atoms with Gasteiger partial charge in [-0.05, 0) is 59.5 Å². The Morgan fingerprint density at radius 1 is 1.00 bits per heavy atom. The predicted molar refractivity (Wildman–Crippen MR) is 105 cm³/mol. The largest absolute Gasteiger partial charge is 0.858 e. The summed E-state index contributed by atoms with van der Waals surface area (Å²) in [5.74, 6) is -2.89. The second-order valence-corrected chi connectivity index (χ2v) is 8.13. The number of sulfonamides is 1. The van der Waals surface area contributed by atoms with E-state index < -0.39 is 32.5 Å². The Morgan fingerprint density at radius 3 is 2.38 bits per heavy atom. The lowest BCUT2D eigenvalue weighted by Crippen LogP contribution is -2.19. The number of hydrogen-bond donors (Lipinski definition) is 1. The zero-order valence-corrected chi connectivity index (χ0v) is 16.3. The molecule has 0 spiro atoms. The van der Waals surface area contributed by atoms with Crippen LogP contribution in [0.25, 0.3) is 0 Å². The number of hydrogen-bond acceptors (Lipinski definition) is 4. The molecule has 1 N–H and O–H groups in total. The van der Waals surface area contributed by atoms with Crippen LogP contribution in [0, 0.1) is 11.6 Å². The molecule has 0 atom stereocenters. The molecule has 0 heterocycles. The molecule has 29 heavy (non-hydrogen) atoms. The van der Waals surface area contributed by atoms with Crippen molar-refractivity contribution in [3.8, 4) is 0 Å². The standard InChI is InChI=1S/C20H15ClF2N2O3S/c21-15-3-1-2-13(10-15)12-24-20(26)14-4-6-16(7-5-14)25-29(27,28)17-8-9-18(22)19(23)11-17/h1-11,25H,12H2,(H,24,26)/p-1. The number of aliphatic imine (C=N–C) groups is 1. The van der Waals surface area contributed by atoms with Gasteiger partial charge >= 0.3 is 0 Å². The monoisotopic (exact) mass is 435 g/mol. The third-order valence-electron chi connectivity index (χ3n) is 3.88. The first kappa shape index (κ1) is 20.8. The van der Waals surface area contributed by atoms with Crippen LogP contribution in [-0.2, 0) is 16.6 Å². The molecule has 5 nitrogen and oxygen atoms in total. The summed E-state index contributed by atoms with van der Waals surface area (Å²) in [6, 6.07) is 14.8. The Morgan fingerprint density at radius 2 is 1.72 bits per heavy atom. The van der Waals surface area contributed by atoms with Gasteiger partial charge in [0, 0.05) is 10.7 Å². The summed E-state index contributed by atoms with van der Waals surface area (Å²) >= 11 is 5.89. The maximum Gasteiger partial charge on any atom is 0.261 e. The van der Waals surface area contributed by atoms with Crippen LogP contribution in [-0.4, -0.2) is 14.3 Å². The summed E-state index contributed by atoms with van der Waals surface area (Å²) in [4.78, 5) is 3.54. The van der Waals surface area contributed by atoms with Gasteiger partial charge in [-0.3, -0.25) is 9.71 Å². The van der Waals surface area contributed by atoms with Gasteiger partial charge in [0.05, 0.1) is 11.4 Å². The van der Waals surface area contributed by atoms with Gasteiger partial charge < -0.3 is 5.11 Å². The Balaban J connectivity index is 1.72. The van der Waals surface area contributed by atoms with Gasteiger partial charge in [0.2, 0.25) is 0 Å². The molecule has 0 radical (unpaired) electrons. The average molecular weight is 436 g/mol. The highest BCUT2D eigenvalue weighted by Crippen LogP contribution is 2.19. The van der Waals surface area contributed by atoms with E-state index in [0.717, 1.165) is 17.7 Å². The summed E-state index contributed by atoms with van der Waals surface area (Å²) in [7, 11) is -4.11. The van der Waals surface area contributed by atoms with Gasteiger partial charge in [-0.15, -0.1) is 0 Å². The van der Waals surface area contributed by atoms with Crippen molar-refractivity contribution < 1.29 is 22.3 Å². The first-order valence-corrected chi connectivity index (χ1v) is 10.1. The van der Waals surface area contributed by atoms with Crippen LogP contribution in [0.4, 0.5) is 14.5 Å². The van der Waals surface area contributed by atoms with Gasteiger partial charge in [-0.2, -0.15) is 0 Å². The van der Waals surface area contributed by atoms with Crippen molar-refractivity contribution in [3.63, 3.8) is 0 Å². The maximum absolute atomic E-state index is 13.3. The lowest BCUT2D eigenvalue weighted by molar-refractivity contribution is -0.213. The van der Waals surface area contributed by atoms with Crippen LogP contribution < -0.4 is 9.83 Å². The molecular weight excluding hydrogens is 422 g/mol. The lowest BCUT2D eigenvalue weighted by atomic mass is 10.2. The van der Waals surface area contributed by atoms with E-state index in [1.54, 1.807) is 24.3 Å². The molecule has 0 aromatic heterocycles. The number of halogens is 3. The zero-order valence-electron chi connectivity index (χ0n) is 14.8. The number of anilines is 1. The Bertz CT molecular complexity index is 1170. The number of benzene rings is 3.